The van der Waals surface area contributed by atoms with Crippen molar-refractivity contribution < 1.29 is 10.2 Å². The molecule has 0 saturated heterocycles. The van der Waals surface area contributed by atoms with Crippen LogP contribution in [0.15, 0.2) is 0 Å². The van der Waals surface area contributed by atoms with E-state index >= 15 is 0 Å². The summed E-state index contributed by atoms with van der Waals surface area (Å²) in [6.07, 6.45) is 12.2. The van der Waals surface area contributed by atoms with Crippen LogP contribution in [0.1, 0.15) is 91.9 Å². The van der Waals surface area contributed by atoms with Gasteiger partial charge in [-0.3, -0.25) is 0 Å². The Morgan fingerprint density at radius 2 is 1.06 bits per heavy atom. The molecule has 0 aromatic heterocycles. The summed E-state index contributed by atoms with van der Waals surface area (Å²) < 4.78 is 0. The maximum Gasteiger partial charge on any atom is 0.0900 e. The summed E-state index contributed by atoms with van der Waals surface area (Å²) in [5.74, 6) is 0. The lowest BCUT2D eigenvalue weighted by molar-refractivity contribution is -0.124. The van der Waals surface area contributed by atoms with Crippen molar-refractivity contribution in [2.75, 3.05) is 0 Å². The monoisotopic (exact) mass is 258 g/mol. The van der Waals surface area contributed by atoms with Crippen LogP contribution in [0, 0.1) is 0 Å². The summed E-state index contributed by atoms with van der Waals surface area (Å²) >= 11 is 0. The molecule has 0 aliphatic heterocycles. The first kappa shape index (κ1) is 17.9. The molecule has 1 unspecified atom stereocenters. The van der Waals surface area contributed by atoms with E-state index in [1.54, 1.807) is 20.8 Å². The fourth-order valence-electron chi connectivity index (χ4n) is 2.09. The van der Waals surface area contributed by atoms with Gasteiger partial charge in [-0.25, -0.2) is 0 Å². The molecular weight excluding hydrogens is 224 g/mol. The molecule has 0 aromatic carbocycles. The molecule has 0 heterocycles. The maximum absolute atomic E-state index is 10.1. The third-order valence-electron chi connectivity index (χ3n) is 4.09. The van der Waals surface area contributed by atoms with Gasteiger partial charge in [0, 0.05) is 0 Å². The summed E-state index contributed by atoms with van der Waals surface area (Å²) in [6, 6.07) is 0. The zero-order valence-corrected chi connectivity index (χ0v) is 13.0. The normalized spacial score (nSPS) is 15.7. The van der Waals surface area contributed by atoms with Crippen molar-refractivity contribution >= 4 is 0 Å². The molecule has 2 heteroatoms. The lowest BCUT2D eigenvalue weighted by Crippen LogP contribution is -2.47. The van der Waals surface area contributed by atoms with Crippen LogP contribution in [-0.4, -0.2) is 21.4 Å². The molecule has 0 amide bonds. The van der Waals surface area contributed by atoms with Crippen molar-refractivity contribution in [1.82, 2.24) is 0 Å². The Morgan fingerprint density at radius 1 is 0.667 bits per heavy atom. The molecule has 18 heavy (non-hydrogen) atoms. The lowest BCUT2D eigenvalue weighted by atomic mass is 9.83. The highest BCUT2D eigenvalue weighted by atomic mass is 16.3. The van der Waals surface area contributed by atoms with Crippen molar-refractivity contribution in [1.29, 1.82) is 0 Å². The summed E-state index contributed by atoms with van der Waals surface area (Å²) in [4.78, 5) is 0. The molecule has 2 nitrogen and oxygen atoms in total. The standard InChI is InChI=1S/C16H34O2/c1-5-6-7-8-9-10-11-12-13-14-16(4,18)15(2,3)17/h17-18H,5-14H2,1-4H3. The molecule has 0 aliphatic carbocycles. The van der Waals surface area contributed by atoms with Crippen LogP contribution in [0.25, 0.3) is 0 Å². The van der Waals surface area contributed by atoms with Gasteiger partial charge in [-0.05, 0) is 27.2 Å². The van der Waals surface area contributed by atoms with E-state index in [0.29, 0.717) is 6.42 Å². The number of hydrogen-bond donors (Lipinski definition) is 2. The highest BCUT2D eigenvalue weighted by Crippen LogP contribution is 2.27. The second kappa shape index (κ2) is 8.92. The van der Waals surface area contributed by atoms with Gasteiger partial charge in [0.15, 0.2) is 0 Å². The maximum atomic E-state index is 10.1. The van der Waals surface area contributed by atoms with Crippen molar-refractivity contribution in [3.05, 3.63) is 0 Å². The summed E-state index contributed by atoms with van der Waals surface area (Å²) in [7, 11) is 0. The molecule has 0 radical (unpaired) electrons. The Morgan fingerprint density at radius 3 is 1.44 bits per heavy atom. The van der Waals surface area contributed by atoms with E-state index in [0.717, 1.165) is 6.42 Å². The van der Waals surface area contributed by atoms with Crippen molar-refractivity contribution in [3.8, 4) is 0 Å². The molecule has 0 fully saturated rings. The highest BCUT2D eigenvalue weighted by molar-refractivity contribution is 4.89. The number of unbranched alkanes of at least 4 members (excludes halogenated alkanes) is 8. The molecule has 2 N–H and O–H groups in total. The van der Waals surface area contributed by atoms with Gasteiger partial charge in [-0.15, -0.1) is 0 Å². The second-order valence-electron chi connectivity index (χ2n) is 6.41. The predicted molar refractivity (Wildman–Crippen MR) is 78.8 cm³/mol. The fourth-order valence-corrected chi connectivity index (χ4v) is 2.09. The van der Waals surface area contributed by atoms with E-state index in [2.05, 4.69) is 6.92 Å². The van der Waals surface area contributed by atoms with Gasteiger partial charge >= 0.3 is 0 Å². The van der Waals surface area contributed by atoms with Crippen molar-refractivity contribution in [3.63, 3.8) is 0 Å². The second-order valence-corrected chi connectivity index (χ2v) is 6.41. The lowest BCUT2D eigenvalue weighted by Gasteiger charge is -2.35. The largest absolute Gasteiger partial charge is 0.387 e. The minimum absolute atomic E-state index is 0.687. The summed E-state index contributed by atoms with van der Waals surface area (Å²) in [5.41, 5.74) is -1.97. The zero-order chi connectivity index (χ0) is 14.1. The van der Waals surface area contributed by atoms with Gasteiger partial charge in [0.2, 0.25) is 0 Å². The van der Waals surface area contributed by atoms with Crippen molar-refractivity contribution in [2.45, 2.75) is 103 Å². The molecule has 0 spiro atoms. The minimum atomic E-state index is -1.01. The Balaban J connectivity index is 3.41. The van der Waals surface area contributed by atoms with Crippen molar-refractivity contribution in [2.24, 2.45) is 0 Å². The average Bonchev–Trinajstić information content (AvgIpc) is 2.25. The first-order chi connectivity index (χ1) is 8.31. The van der Waals surface area contributed by atoms with E-state index in [4.69, 9.17) is 0 Å². The van der Waals surface area contributed by atoms with Crippen LogP contribution in [-0.2, 0) is 0 Å². The van der Waals surface area contributed by atoms with Crippen LogP contribution in [0.5, 0.6) is 0 Å². The number of aliphatic hydroxyl groups is 2. The number of hydrogen-bond acceptors (Lipinski definition) is 2. The Kier molecular flexibility index (Phi) is 8.89. The number of rotatable bonds is 11. The van der Waals surface area contributed by atoms with E-state index < -0.39 is 11.2 Å². The van der Waals surface area contributed by atoms with Crippen LogP contribution in [0.3, 0.4) is 0 Å². The molecule has 1 atom stereocenters. The quantitative estimate of drug-likeness (QED) is 0.538. The summed E-state index contributed by atoms with van der Waals surface area (Å²) in [5, 5.41) is 19.9. The third kappa shape index (κ3) is 8.10. The predicted octanol–water partition coefficient (Wildman–Crippen LogP) is 4.43. The first-order valence-corrected chi connectivity index (χ1v) is 7.76. The van der Waals surface area contributed by atoms with Crippen LogP contribution < -0.4 is 0 Å². The van der Waals surface area contributed by atoms with Crippen LogP contribution in [0.4, 0.5) is 0 Å². The average molecular weight is 258 g/mol. The van der Waals surface area contributed by atoms with Gasteiger partial charge in [0.05, 0.1) is 11.2 Å². The Bertz CT molecular complexity index is 192. The van der Waals surface area contributed by atoms with Gasteiger partial charge in [0.1, 0.15) is 0 Å². The van der Waals surface area contributed by atoms with E-state index in [1.807, 2.05) is 0 Å². The zero-order valence-electron chi connectivity index (χ0n) is 13.0. The smallest absolute Gasteiger partial charge is 0.0900 e. The van der Waals surface area contributed by atoms with Gasteiger partial charge in [-0.1, -0.05) is 64.7 Å². The molecule has 110 valence electrons. The van der Waals surface area contributed by atoms with Crippen LogP contribution >= 0.6 is 0 Å². The SMILES string of the molecule is CCCCCCCCCCCC(C)(O)C(C)(C)O. The molecule has 0 bridgehead atoms. The van der Waals surface area contributed by atoms with Crippen LogP contribution in [0.2, 0.25) is 0 Å². The molecule has 0 aromatic rings. The minimum Gasteiger partial charge on any atom is -0.387 e. The molecular formula is C16H34O2. The first-order valence-electron chi connectivity index (χ1n) is 7.76. The Hall–Kier alpha value is -0.0800. The molecule has 0 saturated carbocycles. The molecule has 0 aliphatic rings. The summed E-state index contributed by atoms with van der Waals surface area (Å²) in [6.45, 7) is 7.34. The van der Waals surface area contributed by atoms with Gasteiger partial charge in [-0.2, -0.15) is 0 Å². The highest BCUT2D eigenvalue weighted by Gasteiger charge is 2.36. The van der Waals surface area contributed by atoms with E-state index in [9.17, 15) is 10.2 Å². The van der Waals surface area contributed by atoms with E-state index in [-0.39, 0.29) is 0 Å². The van der Waals surface area contributed by atoms with E-state index in [1.165, 1.54) is 51.4 Å². The third-order valence-corrected chi connectivity index (χ3v) is 4.09. The fraction of sp³-hybridized carbons (Fsp3) is 1.00. The van der Waals surface area contributed by atoms with Gasteiger partial charge < -0.3 is 10.2 Å². The molecule has 0 rings (SSSR count). The topological polar surface area (TPSA) is 40.5 Å². The Labute approximate surface area is 114 Å². The van der Waals surface area contributed by atoms with Gasteiger partial charge in [0.25, 0.3) is 0 Å².